The third kappa shape index (κ3) is 5.36. The number of alkyl halides is 3. The second-order valence-corrected chi connectivity index (χ2v) is 8.20. The number of amides is 1. The summed E-state index contributed by atoms with van der Waals surface area (Å²) in [5.41, 5.74) is -5.02. The predicted molar refractivity (Wildman–Crippen MR) is 94.8 cm³/mol. The van der Waals surface area contributed by atoms with E-state index in [9.17, 15) is 26.4 Å². The molecule has 1 fully saturated rings. The van der Waals surface area contributed by atoms with E-state index in [1.165, 1.54) is 17.0 Å². The van der Waals surface area contributed by atoms with E-state index < -0.39 is 27.4 Å². The second-order valence-electron chi connectivity index (χ2n) is 6.66. The Kier molecular flexibility index (Phi) is 6.94. The van der Waals surface area contributed by atoms with Crippen LogP contribution in [0.15, 0.2) is 24.3 Å². The fourth-order valence-electron chi connectivity index (χ4n) is 2.80. The molecule has 0 spiro atoms. The number of carbonyl (C=O) groups excluding carboxylic acids is 1. The molecule has 0 aliphatic carbocycles. The summed E-state index contributed by atoms with van der Waals surface area (Å²) in [6.45, 7) is 2.36. The van der Waals surface area contributed by atoms with Crippen LogP contribution in [0.4, 0.5) is 13.2 Å². The molecule has 0 radical (unpaired) electrons. The Morgan fingerprint density at radius 1 is 1.36 bits per heavy atom. The molecule has 1 aliphatic heterocycles. The normalized spacial score (nSPS) is 18.9. The molecule has 0 N–H and O–H groups in total. The van der Waals surface area contributed by atoms with Gasteiger partial charge in [-0.2, -0.15) is 21.6 Å². The Labute approximate surface area is 162 Å². The molecule has 2 unspecified atom stereocenters. The van der Waals surface area contributed by atoms with Crippen LogP contribution in [0.25, 0.3) is 0 Å². The first-order valence-electron chi connectivity index (χ1n) is 8.60. The summed E-state index contributed by atoms with van der Waals surface area (Å²) in [5, 5.41) is 0. The highest BCUT2D eigenvalue weighted by Crippen LogP contribution is 2.31. The van der Waals surface area contributed by atoms with Crippen LogP contribution in [0, 0.1) is 0 Å². The topological polar surface area (TPSA) is 76.2 Å². The molecule has 158 valence electrons. The number of hydrogen-bond donors (Lipinski definition) is 0. The van der Waals surface area contributed by atoms with Gasteiger partial charge in [0.1, 0.15) is 12.0 Å². The first-order chi connectivity index (χ1) is 12.9. The number of rotatable bonds is 7. The lowest BCUT2D eigenvalue weighted by Gasteiger charge is -2.34. The maximum absolute atomic E-state index is 12.6. The molecule has 1 aliphatic rings. The van der Waals surface area contributed by atoms with Crippen molar-refractivity contribution in [3.63, 3.8) is 0 Å². The van der Waals surface area contributed by atoms with Crippen LogP contribution in [0.5, 0.6) is 5.75 Å². The van der Waals surface area contributed by atoms with E-state index in [0.717, 1.165) is 12.5 Å². The lowest BCUT2D eigenvalue weighted by atomic mass is 10.1. The molecule has 1 aromatic rings. The largest absolute Gasteiger partial charge is 0.534 e. The fraction of sp³-hybridized carbons (Fsp3) is 0.588. The van der Waals surface area contributed by atoms with Gasteiger partial charge in [0.25, 0.3) is 0 Å². The van der Waals surface area contributed by atoms with Crippen LogP contribution >= 0.6 is 0 Å². The first-order valence-corrected chi connectivity index (χ1v) is 10.0. The van der Waals surface area contributed by atoms with Crippen molar-refractivity contribution in [3.05, 3.63) is 29.8 Å². The molecule has 1 saturated heterocycles. The van der Waals surface area contributed by atoms with Crippen LogP contribution in [0.2, 0.25) is 0 Å². The number of benzene rings is 1. The zero-order valence-electron chi connectivity index (χ0n) is 15.8. The second kappa shape index (κ2) is 8.66. The van der Waals surface area contributed by atoms with Gasteiger partial charge in [-0.25, -0.2) is 0 Å². The smallest absolute Gasteiger partial charge is 0.376 e. The molecule has 2 rings (SSSR count). The van der Waals surface area contributed by atoms with Crippen molar-refractivity contribution >= 4 is 16.0 Å². The number of hydrogen-bond acceptors (Lipinski definition) is 6. The van der Waals surface area contributed by atoms with Gasteiger partial charge < -0.3 is 13.8 Å². The van der Waals surface area contributed by atoms with Gasteiger partial charge in [0.15, 0.2) is 0 Å². The fourth-order valence-corrected chi connectivity index (χ4v) is 3.25. The van der Waals surface area contributed by atoms with Crippen LogP contribution in [-0.4, -0.2) is 63.1 Å². The van der Waals surface area contributed by atoms with E-state index in [0.29, 0.717) is 18.6 Å². The Hall–Kier alpha value is -1.85. The van der Waals surface area contributed by atoms with Crippen molar-refractivity contribution in [2.45, 2.75) is 37.5 Å². The monoisotopic (exact) mass is 424 g/mol. The standard InChI is InChI=1S/C17H23F3N2O5S/c1-12(22(11-15(23)21(2)3)16-8-5-9-26-16)13-6-4-7-14(10-13)27-28(24,25)17(18,19)20/h4,6-7,10,12,16H,5,8-9,11H2,1-3H3. The Morgan fingerprint density at radius 3 is 2.57 bits per heavy atom. The highest BCUT2D eigenvalue weighted by Gasteiger charge is 2.48. The molecule has 2 atom stereocenters. The summed E-state index contributed by atoms with van der Waals surface area (Å²) >= 11 is 0. The van der Waals surface area contributed by atoms with E-state index in [1.54, 1.807) is 32.0 Å². The lowest BCUT2D eigenvalue weighted by molar-refractivity contribution is -0.135. The average molecular weight is 424 g/mol. The minimum absolute atomic E-state index is 0.0464. The molecule has 0 saturated carbocycles. The van der Waals surface area contributed by atoms with Gasteiger partial charge in [0.05, 0.1) is 6.54 Å². The summed E-state index contributed by atoms with van der Waals surface area (Å²) < 4.78 is 70.0. The lowest BCUT2D eigenvalue weighted by Crippen LogP contribution is -2.43. The molecule has 11 heteroatoms. The number of carbonyl (C=O) groups is 1. The number of halogens is 3. The van der Waals surface area contributed by atoms with Crippen molar-refractivity contribution in [1.29, 1.82) is 0 Å². The zero-order chi connectivity index (χ0) is 21.1. The summed E-state index contributed by atoms with van der Waals surface area (Å²) in [7, 11) is -2.51. The van der Waals surface area contributed by atoms with Crippen molar-refractivity contribution in [2.24, 2.45) is 0 Å². The van der Waals surface area contributed by atoms with Crippen molar-refractivity contribution in [2.75, 3.05) is 27.2 Å². The Bertz CT molecular complexity index is 792. The molecule has 0 aromatic heterocycles. The van der Waals surface area contributed by atoms with Gasteiger partial charge in [-0.05, 0) is 37.5 Å². The first kappa shape index (κ1) is 22.4. The molecule has 1 amide bonds. The van der Waals surface area contributed by atoms with Gasteiger partial charge in [-0.1, -0.05) is 12.1 Å². The molecular formula is C17H23F3N2O5S. The van der Waals surface area contributed by atoms with Gasteiger partial charge in [-0.3, -0.25) is 9.69 Å². The molecule has 1 heterocycles. The van der Waals surface area contributed by atoms with Crippen LogP contribution < -0.4 is 4.18 Å². The number of likely N-dealkylation sites (N-methyl/N-ethyl adjacent to an activating group) is 1. The Balaban J connectivity index is 2.26. The van der Waals surface area contributed by atoms with E-state index in [2.05, 4.69) is 4.18 Å². The number of ether oxygens (including phenoxy) is 1. The van der Waals surface area contributed by atoms with Crippen LogP contribution in [0.1, 0.15) is 31.4 Å². The predicted octanol–water partition coefficient (Wildman–Crippen LogP) is 2.50. The van der Waals surface area contributed by atoms with Crippen molar-refractivity contribution in [3.8, 4) is 5.75 Å². The van der Waals surface area contributed by atoms with Gasteiger partial charge in [0, 0.05) is 26.7 Å². The summed E-state index contributed by atoms with van der Waals surface area (Å²) in [6.07, 6.45) is 1.23. The Morgan fingerprint density at radius 2 is 2.04 bits per heavy atom. The maximum Gasteiger partial charge on any atom is 0.534 e. The van der Waals surface area contributed by atoms with E-state index in [4.69, 9.17) is 4.74 Å². The highest BCUT2D eigenvalue weighted by atomic mass is 32.2. The molecule has 0 bridgehead atoms. The highest BCUT2D eigenvalue weighted by molar-refractivity contribution is 7.88. The van der Waals surface area contributed by atoms with Gasteiger partial charge >= 0.3 is 15.6 Å². The van der Waals surface area contributed by atoms with Crippen molar-refractivity contribution in [1.82, 2.24) is 9.80 Å². The average Bonchev–Trinajstić information content (AvgIpc) is 3.11. The van der Waals surface area contributed by atoms with Crippen molar-refractivity contribution < 1.29 is 35.3 Å². The summed E-state index contributed by atoms with van der Waals surface area (Å²) in [5.74, 6) is -0.609. The van der Waals surface area contributed by atoms with E-state index >= 15 is 0 Å². The molecule has 7 nitrogen and oxygen atoms in total. The molecular weight excluding hydrogens is 401 g/mol. The van der Waals surface area contributed by atoms with Gasteiger partial charge in [0.2, 0.25) is 5.91 Å². The molecule has 1 aromatic carbocycles. The molecule has 28 heavy (non-hydrogen) atoms. The van der Waals surface area contributed by atoms with Gasteiger partial charge in [-0.15, -0.1) is 0 Å². The van der Waals surface area contributed by atoms with Crippen LogP contribution in [0.3, 0.4) is 0 Å². The number of nitrogens with zero attached hydrogens (tertiary/aromatic N) is 2. The zero-order valence-corrected chi connectivity index (χ0v) is 16.6. The quantitative estimate of drug-likeness (QED) is 0.495. The third-order valence-electron chi connectivity index (χ3n) is 4.42. The van der Waals surface area contributed by atoms with E-state index in [-0.39, 0.29) is 18.7 Å². The van der Waals surface area contributed by atoms with E-state index in [1.807, 2.05) is 0 Å². The SMILES string of the molecule is CC(c1cccc(OS(=O)(=O)C(F)(F)F)c1)N(CC(=O)N(C)C)C1CCCO1. The van der Waals surface area contributed by atoms with Crippen LogP contribution in [-0.2, 0) is 19.6 Å². The summed E-state index contributed by atoms with van der Waals surface area (Å²) in [6, 6.07) is 4.94. The maximum atomic E-state index is 12.6. The third-order valence-corrected chi connectivity index (χ3v) is 5.40. The summed E-state index contributed by atoms with van der Waals surface area (Å²) in [4.78, 5) is 15.4. The minimum atomic E-state index is -5.76. The minimum Gasteiger partial charge on any atom is -0.376 e.